The highest BCUT2D eigenvalue weighted by Crippen LogP contribution is 2.28. The van der Waals surface area contributed by atoms with E-state index in [1.54, 1.807) is 25.3 Å². The lowest BCUT2D eigenvalue weighted by Crippen LogP contribution is -2.15. The van der Waals surface area contributed by atoms with Crippen molar-refractivity contribution >= 4 is 46.0 Å². The Balaban J connectivity index is 1.70. The molecular weight excluding hydrogens is 358 g/mol. The van der Waals surface area contributed by atoms with Crippen molar-refractivity contribution in [2.45, 2.75) is 11.9 Å². The van der Waals surface area contributed by atoms with E-state index in [1.807, 2.05) is 31.2 Å². The van der Waals surface area contributed by atoms with Gasteiger partial charge in [-0.15, -0.1) is 0 Å². The number of anilines is 1. The normalized spacial score (nSPS) is 10.7. The van der Waals surface area contributed by atoms with Gasteiger partial charge >= 0.3 is 0 Å². The van der Waals surface area contributed by atoms with Crippen LogP contribution in [0.5, 0.6) is 5.75 Å². The summed E-state index contributed by atoms with van der Waals surface area (Å²) < 4.78 is 5.23. The van der Waals surface area contributed by atoms with Crippen molar-refractivity contribution in [2.75, 3.05) is 18.2 Å². The first-order valence-corrected chi connectivity index (χ1v) is 8.93. The summed E-state index contributed by atoms with van der Waals surface area (Å²) in [6, 6.07) is 12.7. The number of para-hydroxylation sites is 2. The summed E-state index contributed by atoms with van der Waals surface area (Å²) in [5.74, 6) is 0.605. The van der Waals surface area contributed by atoms with Gasteiger partial charge in [0.15, 0.2) is 0 Å². The molecule has 3 aromatic rings. The van der Waals surface area contributed by atoms with Gasteiger partial charge in [-0.2, -0.15) is 0 Å². The summed E-state index contributed by atoms with van der Waals surface area (Å²) in [4.78, 5) is 21.4. The molecular formula is C18H16ClN3O2S. The van der Waals surface area contributed by atoms with Crippen LogP contribution in [0, 0.1) is 6.92 Å². The van der Waals surface area contributed by atoms with Crippen molar-refractivity contribution in [3.63, 3.8) is 0 Å². The molecule has 0 aliphatic heterocycles. The summed E-state index contributed by atoms with van der Waals surface area (Å²) in [5.41, 5.74) is 3.00. The van der Waals surface area contributed by atoms with E-state index in [9.17, 15) is 4.79 Å². The highest BCUT2D eigenvalue weighted by Gasteiger charge is 2.11. The number of hydrogen-bond donors (Lipinski definition) is 1. The number of ether oxygens (including phenoxy) is 1. The Morgan fingerprint density at radius 2 is 1.92 bits per heavy atom. The topological polar surface area (TPSA) is 64.1 Å². The number of nitrogens with zero attached hydrogens (tertiary/aromatic N) is 2. The van der Waals surface area contributed by atoms with Crippen molar-refractivity contribution in [1.82, 2.24) is 9.97 Å². The maximum absolute atomic E-state index is 12.3. The summed E-state index contributed by atoms with van der Waals surface area (Å²) in [5, 5.41) is 4.08. The van der Waals surface area contributed by atoms with Crippen LogP contribution in [0.25, 0.3) is 11.0 Å². The third-order valence-electron chi connectivity index (χ3n) is 3.48. The average Bonchev–Trinajstić information content (AvgIpc) is 2.60. The van der Waals surface area contributed by atoms with Crippen molar-refractivity contribution in [1.29, 1.82) is 0 Å². The first-order chi connectivity index (χ1) is 12.1. The highest BCUT2D eigenvalue weighted by molar-refractivity contribution is 8.00. The van der Waals surface area contributed by atoms with Gasteiger partial charge in [0, 0.05) is 5.02 Å². The minimum Gasteiger partial charge on any atom is -0.495 e. The molecule has 5 nitrogen and oxygen atoms in total. The van der Waals surface area contributed by atoms with Crippen molar-refractivity contribution in [3.05, 3.63) is 53.2 Å². The van der Waals surface area contributed by atoms with E-state index >= 15 is 0 Å². The number of rotatable bonds is 5. The SMILES string of the molecule is COc1ccc(Cl)cc1NC(=O)CSc1nc2ccccc2nc1C. The molecule has 0 spiro atoms. The largest absolute Gasteiger partial charge is 0.495 e. The molecule has 2 aromatic carbocycles. The van der Waals surface area contributed by atoms with E-state index in [0.29, 0.717) is 16.5 Å². The van der Waals surface area contributed by atoms with E-state index in [0.717, 1.165) is 21.8 Å². The molecule has 0 radical (unpaired) electrons. The number of halogens is 1. The fraction of sp³-hybridized carbons (Fsp3) is 0.167. The molecule has 0 saturated heterocycles. The number of nitrogens with one attached hydrogen (secondary N) is 1. The molecule has 0 unspecified atom stereocenters. The van der Waals surface area contributed by atoms with Gasteiger partial charge in [0.25, 0.3) is 0 Å². The molecule has 128 valence electrons. The second-order valence-electron chi connectivity index (χ2n) is 5.28. The molecule has 0 fully saturated rings. The van der Waals surface area contributed by atoms with Gasteiger partial charge in [0.1, 0.15) is 10.8 Å². The predicted molar refractivity (Wildman–Crippen MR) is 102 cm³/mol. The van der Waals surface area contributed by atoms with Crippen LogP contribution in [0.1, 0.15) is 5.69 Å². The number of carbonyl (C=O) groups is 1. The number of methoxy groups -OCH3 is 1. The summed E-state index contributed by atoms with van der Waals surface area (Å²) in [6.45, 7) is 1.89. The Bertz CT molecular complexity index is 933. The molecule has 3 rings (SSSR count). The van der Waals surface area contributed by atoms with Crippen LogP contribution in [0.2, 0.25) is 5.02 Å². The van der Waals surface area contributed by atoms with Gasteiger partial charge in [-0.1, -0.05) is 35.5 Å². The number of aromatic nitrogens is 2. The number of aryl methyl sites for hydroxylation is 1. The fourth-order valence-electron chi connectivity index (χ4n) is 2.31. The van der Waals surface area contributed by atoms with Crippen LogP contribution in [0.15, 0.2) is 47.5 Å². The van der Waals surface area contributed by atoms with Crippen molar-refractivity contribution < 1.29 is 9.53 Å². The highest BCUT2D eigenvalue weighted by atomic mass is 35.5. The molecule has 0 bridgehead atoms. The molecule has 0 aliphatic rings. The molecule has 7 heteroatoms. The van der Waals surface area contributed by atoms with Crippen LogP contribution < -0.4 is 10.1 Å². The van der Waals surface area contributed by atoms with Crippen LogP contribution >= 0.6 is 23.4 Å². The number of carbonyl (C=O) groups excluding carboxylic acids is 1. The molecule has 1 aromatic heterocycles. The first-order valence-electron chi connectivity index (χ1n) is 7.56. The van der Waals surface area contributed by atoms with Gasteiger partial charge in [0.05, 0.1) is 35.3 Å². The van der Waals surface area contributed by atoms with Crippen LogP contribution in [0.3, 0.4) is 0 Å². The second-order valence-corrected chi connectivity index (χ2v) is 6.68. The zero-order chi connectivity index (χ0) is 17.8. The molecule has 25 heavy (non-hydrogen) atoms. The standard InChI is InChI=1S/C18H16ClN3O2S/c1-11-18(22-14-6-4-3-5-13(14)20-11)25-10-17(23)21-15-9-12(19)7-8-16(15)24-2/h3-9H,10H2,1-2H3,(H,21,23). The Morgan fingerprint density at radius 1 is 1.20 bits per heavy atom. The van der Waals surface area contributed by atoms with E-state index in [2.05, 4.69) is 15.3 Å². The van der Waals surface area contributed by atoms with E-state index in [1.165, 1.54) is 11.8 Å². The smallest absolute Gasteiger partial charge is 0.234 e. The maximum atomic E-state index is 12.3. The third-order valence-corrected chi connectivity index (χ3v) is 4.78. The zero-order valence-electron chi connectivity index (χ0n) is 13.7. The quantitative estimate of drug-likeness (QED) is 0.674. The number of fused-ring (bicyclic) bond motifs is 1. The summed E-state index contributed by atoms with van der Waals surface area (Å²) in [6.07, 6.45) is 0. The van der Waals surface area contributed by atoms with Gasteiger partial charge < -0.3 is 10.1 Å². The summed E-state index contributed by atoms with van der Waals surface area (Å²) in [7, 11) is 1.54. The Kier molecular flexibility index (Phi) is 5.40. The molecule has 1 amide bonds. The lowest BCUT2D eigenvalue weighted by molar-refractivity contribution is -0.113. The minimum absolute atomic E-state index is 0.167. The van der Waals surface area contributed by atoms with Gasteiger partial charge in [-0.25, -0.2) is 9.97 Å². The van der Waals surface area contributed by atoms with Crippen LogP contribution in [0.4, 0.5) is 5.69 Å². The third kappa shape index (κ3) is 4.21. The van der Waals surface area contributed by atoms with Crippen molar-refractivity contribution in [3.8, 4) is 5.75 Å². The number of thioether (sulfide) groups is 1. The van der Waals surface area contributed by atoms with Gasteiger partial charge in [-0.05, 0) is 37.3 Å². The molecule has 1 N–H and O–H groups in total. The molecule has 0 aliphatic carbocycles. The lowest BCUT2D eigenvalue weighted by Gasteiger charge is -2.11. The van der Waals surface area contributed by atoms with Crippen molar-refractivity contribution in [2.24, 2.45) is 0 Å². The number of benzene rings is 2. The zero-order valence-corrected chi connectivity index (χ0v) is 15.3. The first kappa shape index (κ1) is 17.5. The maximum Gasteiger partial charge on any atom is 0.234 e. The Hall–Kier alpha value is -2.31. The number of amides is 1. The van der Waals surface area contributed by atoms with Crippen LogP contribution in [-0.2, 0) is 4.79 Å². The molecule has 1 heterocycles. The fourth-order valence-corrected chi connectivity index (χ4v) is 3.24. The number of hydrogen-bond acceptors (Lipinski definition) is 5. The molecule has 0 atom stereocenters. The second kappa shape index (κ2) is 7.72. The summed E-state index contributed by atoms with van der Waals surface area (Å²) >= 11 is 7.32. The average molecular weight is 374 g/mol. The van der Waals surface area contributed by atoms with E-state index in [-0.39, 0.29) is 11.7 Å². The predicted octanol–water partition coefficient (Wildman–Crippen LogP) is 4.33. The lowest BCUT2D eigenvalue weighted by atomic mass is 10.3. The van der Waals surface area contributed by atoms with Gasteiger partial charge in [-0.3, -0.25) is 4.79 Å². The van der Waals surface area contributed by atoms with E-state index in [4.69, 9.17) is 16.3 Å². The monoisotopic (exact) mass is 373 g/mol. The molecule has 0 saturated carbocycles. The van der Waals surface area contributed by atoms with Crippen LogP contribution in [-0.4, -0.2) is 28.7 Å². The van der Waals surface area contributed by atoms with Gasteiger partial charge in [0.2, 0.25) is 5.91 Å². The Labute approximate surface area is 154 Å². The minimum atomic E-state index is -0.167. The Morgan fingerprint density at radius 3 is 2.64 bits per heavy atom. The van der Waals surface area contributed by atoms with E-state index < -0.39 is 0 Å².